The van der Waals surface area contributed by atoms with Crippen molar-refractivity contribution in [2.45, 2.75) is 0 Å². The van der Waals surface area contributed by atoms with E-state index in [9.17, 15) is 44.4 Å². The van der Waals surface area contributed by atoms with Gasteiger partial charge in [0.25, 0.3) is 0 Å². The van der Waals surface area contributed by atoms with Crippen LogP contribution in [0, 0.1) is 0 Å². The molecule has 0 aliphatic heterocycles. The van der Waals surface area contributed by atoms with Crippen molar-refractivity contribution in [3.05, 3.63) is 69.8 Å². The van der Waals surface area contributed by atoms with Crippen LogP contribution >= 0.6 is 0 Å². The van der Waals surface area contributed by atoms with Crippen molar-refractivity contribution in [1.82, 2.24) is 0 Å². The summed E-state index contributed by atoms with van der Waals surface area (Å²) in [6.45, 7) is 0. The molecule has 0 bridgehead atoms. The standard InChI is InChI=1S/C17H10O9.2H2O/c18-13(7-4-2-1-3-5-7)8-6-9(14(19)20)11(16(23)24)12(17(25)26)10(8)15(21)22;;/h1-6H,(H,19,20)(H,21,22)(H,23,24)(H,25,26);2*1H2. The van der Waals surface area contributed by atoms with Gasteiger partial charge in [-0.15, -0.1) is 0 Å². The number of benzene rings is 2. The van der Waals surface area contributed by atoms with Crippen molar-refractivity contribution in [3.8, 4) is 0 Å². The van der Waals surface area contributed by atoms with Gasteiger partial charge in [-0.2, -0.15) is 0 Å². The minimum Gasteiger partial charge on any atom is -0.478 e. The highest BCUT2D eigenvalue weighted by molar-refractivity contribution is 6.21. The predicted molar refractivity (Wildman–Crippen MR) is 91.4 cm³/mol. The molecule has 0 radical (unpaired) electrons. The summed E-state index contributed by atoms with van der Waals surface area (Å²) in [6, 6.07) is 7.72. The molecular weight excluding hydrogens is 380 g/mol. The number of carboxylic acids is 4. The van der Waals surface area contributed by atoms with Gasteiger partial charge in [0.15, 0.2) is 5.78 Å². The van der Waals surface area contributed by atoms with Gasteiger partial charge in [0, 0.05) is 11.1 Å². The smallest absolute Gasteiger partial charge is 0.337 e. The van der Waals surface area contributed by atoms with Crippen LogP contribution in [0.15, 0.2) is 36.4 Å². The van der Waals surface area contributed by atoms with Crippen LogP contribution in [0.5, 0.6) is 0 Å². The SMILES string of the molecule is O.O.O=C(O)c1cc(C(=O)c2ccccc2)c(C(=O)O)c(C(=O)O)c1C(=O)O. The van der Waals surface area contributed by atoms with Gasteiger partial charge in [-0.1, -0.05) is 30.3 Å². The molecule has 0 saturated heterocycles. The van der Waals surface area contributed by atoms with Crippen LogP contribution in [0.4, 0.5) is 0 Å². The highest BCUT2D eigenvalue weighted by Gasteiger charge is 2.34. The topological polar surface area (TPSA) is 229 Å². The summed E-state index contributed by atoms with van der Waals surface area (Å²) in [6.07, 6.45) is 0. The Morgan fingerprint density at radius 2 is 1.00 bits per heavy atom. The quantitative estimate of drug-likeness (QED) is 0.484. The second-order valence-corrected chi connectivity index (χ2v) is 5.01. The molecule has 0 spiro atoms. The Morgan fingerprint density at radius 3 is 1.39 bits per heavy atom. The molecule has 2 aromatic carbocycles. The Labute approximate surface area is 155 Å². The van der Waals surface area contributed by atoms with E-state index in [0.29, 0.717) is 6.07 Å². The van der Waals surface area contributed by atoms with Gasteiger partial charge >= 0.3 is 23.9 Å². The number of carbonyl (C=O) groups excluding carboxylic acids is 1. The zero-order chi connectivity index (χ0) is 19.6. The first-order valence-electron chi connectivity index (χ1n) is 6.90. The molecule has 0 aromatic heterocycles. The van der Waals surface area contributed by atoms with Crippen LogP contribution in [-0.4, -0.2) is 61.0 Å². The maximum atomic E-state index is 12.6. The molecule has 0 aliphatic rings. The minimum atomic E-state index is -1.98. The molecule has 0 heterocycles. The van der Waals surface area contributed by atoms with Gasteiger partial charge in [-0.05, 0) is 6.07 Å². The summed E-state index contributed by atoms with van der Waals surface area (Å²) in [7, 11) is 0. The fraction of sp³-hybridized carbons (Fsp3) is 0. The molecule has 0 aliphatic carbocycles. The van der Waals surface area contributed by atoms with Gasteiger partial charge in [0.1, 0.15) is 0 Å². The lowest BCUT2D eigenvalue weighted by atomic mass is 9.88. The molecule has 0 fully saturated rings. The van der Waals surface area contributed by atoms with E-state index in [1.807, 2.05) is 0 Å². The van der Waals surface area contributed by atoms with E-state index in [4.69, 9.17) is 0 Å². The Bertz CT molecular complexity index is 961. The molecule has 0 saturated carbocycles. The summed E-state index contributed by atoms with van der Waals surface area (Å²) < 4.78 is 0. The van der Waals surface area contributed by atoms with Crippen LogP contribution in [-0.2, 0) is 0 Å². The summed E-state index contributed by atoms with van der Waals surface area (Å²) in [4.78, 5) is 58.4. The van der Waals surface area contributed by atoms with Crippen LogP contribution in [0.1, 0.15) is 57.4 Å². The summed E-state index contributed by atoms with van der Waals surface area (Å²) in [5.74, 6) is -8.57. The first kappa shape index (κ1) is 23.9. The number of carboxylic acid groups (broad SMARTS) is 4. The van der Waals surface area contributed by atoms with Gasteiger partial charge in [0.2, 0.25) is 0 Å². The highest BCUT2D eigenvalue weighted by atomic mass is 16.4. The minimum absolute atomic E-state index is 0. The molecule has 0 atom stereocenters. The number of hydrogen-bond acceptors (Lipinski definition) is 5. The van der Waals surface area contributed by atoms with E-state index in [1.165, 1.54) is 24.3 Å². The average Bonchev–Trinajstić information content (AvgIpc) is 2.59. The third-order valence-electron chi connectivity index (χ3n) is 3.48. The van der Waals surface area contributed by atoms with E-state index in [-0.39, 0.29) is 16.5 Å². The van der Waals surface area contributed by atoms with Crippen LogP contribution in [0.3, 0.4) is 0 Å². The predicted octanol–water partition coefficient (Wildman–Crippen LogP) is 0.0610. The van der Waals surface area contributed by atoms with E-state index in [1.54, 1.807) is 6.07 Å². The van der Waals surface area contributed by atoms with Crippen molar-refractivity contribution in [3.63, 3.8) is 0 Å². The van der Waals surface area contributed by atoms with E-state index < -0.39 is 57.5 Å². The maximum absolute atomic E-state index is 12.6. The fourth-order valence-corrected chi connectivity index (χ4v) is 2.43. The van der Waals surface area contributed by atoms with Crippen molar-refractivity contribution < 1.29 is 55.4 Å². The van der Waals surface area contributed by atoms with Gasteiger partial charge < -0.3 is 31.4 Å². The zero-order valence-corrected chi connectivity index (χ0v) is 13.8. The lowest BCUT2D eigenvalue weighted by Gasteiger charge is -2.14. The molecular formula is C17H14O11. The van der Waals surface area contributed by atoms with Crippen LogP contribution < -0.4 is 0 Å². The van der Waals surface area contributed by atoms with Crippen molar-refractivity contribution in [2.75, 3.05) is 0 Å². The van der Waals surface area contributed by atoms with Gasteiger partial charge in [-0.25, -0.2) is 19.2 Å². The molecule has 148 valence electrons. The zero-order valence-electron chi connectivity index (χ0n) is 13.8. The maximum Gasteiger partial charge on any atom is 0.337 e. The summed E-state index contributed by atoms with van der Waals surface area (Å²) in [5, 5.41) is 37.1. The third-order valence-corrected chi connectivity index (χ3v) is 3.48. The van der Waals surface area contributed by atoms with Gasteiger partial charge in [0.05, 0.1) is 22.3 Å². The van der Waals surface area contributed by atoms with E-state index in [0.717, 1.165) is 0 Å². The number of ketones is 1. The van der Waals surface area contributed by atoms with Crippen molar-refractivity contribution >= 4 is 29.7 Å². The Morgan fingerprint density at radius 1 is 0.571 bits per heavy atom. The average molecular weight is 394 g/mol. The molecule has 2 rings (SSSR count). The fourth-order valence-electron chi connectivity index (χ4n) is 2.43. The Kier molecular flexibility index (Phi) is 7.71. The van der Waals surface area contributed by atoms with Crippen LogP contribution in [0.2, 0.25) is 0 Å². The first-order chi connectivity index (χ1) is 12.2. The van der Waals surface area contributed by atoms with Crippen molar-refractivity contribution in [2.24, 2.45) is 0 Å². The second kappa shape index (κ2) is 9.02. The number of hydrogen-bond donors (Lipinski definition) is 4. The van der Waals surface area contributed by atoms with E-state index >= 15 is 0 Å². The molecule has 28 heavy (non-hydrogen) atoms. The molecule has 11 nitrogen and oxygen atoms in total. The van der Waals surface area contributed by atoms with E-state index in [2.05, 4.69) is 0 Å². The lowest BCUT2D eigenvalue weighted by Crippen LogP contribution is -2.23. The Balaban J connectivity index is 0.00000364. The second-order valence-electron chi connectivity index (χ2n) is 5.01. The molecule has 8 N–H and O–H groups in total. The lowest BCUT2D eigenvalue weighted by molar-refractivity contribution is 0.0618. The first-order valence-corrected chi connectivity index (χ1v) is 6.90. The summed E-state index contributed by atoms with van der Waals surface area (Å²) in [5.41, 5.74) is -5.33. The molecule has 0 amide bonds. The van der Waals surface area contributed by atoms with Crippen LogP contribution in [0.25, 0.3) is 0 Å². The monoisotopic (exact) mass is 394 g/mol. The number of rotatable bonds is 6. The molecule has 0 unspecified atom stereocenters. The summed E-state index contributed by atoms with van der Waals surface area (Å²) >= 11 is 0. The van der Waals surface area contributed by atoms with Crippen molar-refractivity contribution in [1.29, 1.82) is 0 Å². The Hall–Kier alpha value is -4.09. The largest absolute Gasteiger partial charge is 0.478 e. The number of carbonyl (C=O) groups is 5. The number of aromatic carboxylic acids is 4. The third kappa shape index (κ3) is 4.17. The normalized spacial score (nSPS) is 9.43. The molecule has 2 aromatic rings. The van der Waals surface area contributed by atoms with Gasteiger partial charge in [-0.3, -0.25) is 4.79 Å². The molecule has 11 heteroatoms. The highest BCUT2D eigenvalue weighted by Crippen LogP contribution is 2.27.